The second-order valence-corrected chi connectivity index (χ2v) is 12.4. The van der Waals surface area contributed by atoms with Crippen molar-refractivity contribution in [2.24, 2.45) is 17.4 Å². The summed E-state index contributed by atoms with van der Waals surface area (Å²) in [6.07, 6.45) is 8.14. The Morgan fingerprint density at radius 3 is 1.56 bits per heavy atom. The average molecular weight is 713 g/mol. The highest BCUT2D eigenvalue weighted by molar-refractivity contribution is 5.83. The van der Waals surface area contributed by atoms with Gasteiger partial charge in [-0.05, 0) is 65.1 Å². The quantitative estimate of drug-likeness (QED) is 0.0253. The summed E-state index contributed by atoms with van der Waals surface area (Å²) in [7, 11) is 1.75. The number of hydrogen-bond donors (Lipinski definition) is 10. The molecule has 17 heteroatoms. The molecule has 17 nitrogen and oxygen atoms in total. The van der Waals surface area contributed by atoms with Gasteiger partial charge in [0.25, 0.3) is 0 Å². The third-order valence-electron chi connectivity index (χ3n) is 7.80. The monoisotopic (exact) mass is 712 g/mol. The van der Waals surface area contributed by atoms with Crippen LogP contribution in [-0.2, 0) is 33.6 Å². The minimum Gasteiger partial charge on any atom is -0.370 e. The number of carbonyl (C=O) groups excluding carboxylic acids is 7. The summed E-state index contributed by atoms with van der Waals surface area (Å²) in [5.41, 5.74) is 10.3. The fourth-order valence-corrected chi connectivity index (χ4v) is 4.68. The van der Waals surface area contributed by atoms with Crippen LogP contribution >= 0.6 is 0 Å². The zero-order valence-electron chi connectivity index (χ0n) is 30.2. The minimum atomic E-state index is -0.306. The zero-order valence-corrected chi connectivity index (χ0v) is 30.2. The molecular formula is C33H64N10O7. The van der Waals surface area contributed by atoms with Gasteiger partial charge in [-0.1, -0.05) is 26.2 Å². The Morgan fingerprint density at radius 1 is 0.540 bits per heavy atom. The lowest BCUT2D eigenvalue weighted by atomic mass is 10.0. The van der Waals surface area contributed by atoms with Crippen molar-refractivity contribution in [1.82, 2.24) is 42.5 Å². The molecule has 0 bridgehead atoms. The van der Waals surface area contributed by atoms with Crippen molar-refractivity contribution in [1.29, 1.82) is 0 Å². The fourth-order valence-electron chi connectivity index (χ4n) is 4.68. The van der Waals surface area contributed by atoms with Gasteiger partial charge in [0.15, 0.2) is 11.6 Å². The highest BCUT2D eigenvalue weighted by atomic mass is 16.2. The molecule has 0 aliphatic rings. The molecule has 0 aliphatic heterocycles. The van der Waals surface area contributed by atoms with Crippen LogP contribution in [0.1, 0.15) is 90.4 Å². The van der Waals surface area contributed by atoms with Gasteiger partial charge < -0.3 is 43.4 Å². The first-order valence-electron chi connectivity index (χ1n) is 17.9. The largest absolute Gasteiger partial charge is 0.370 e. The molecule has 0 unspecified atom stereocenters. The molecule has 0 radical (unpaired) electrons. The average Bonchev–Trinajstić information content (AvgIpc) is 3.07. The molecule has 12 N–H and O–H groups in total. The number of amides is 5. The molecule has 0 rings (SSSR count). The first-order valence-corrected chi connectivity index (χ1v) is 17.9. The molecule has 0 aromatic carbocycles. The summed E-state index contributed by atoms with van der Waals surface area (Å²) < 4.78 is 0. The van der Waals surface area contributed by atoms with E-state index in [0.29, 0.717) is 45.3 Å². The molecule has 2 atom stereocenters. The maximum absolute atomic E-state index is 12.4. The standard InChI is InChI=1S/C33H64N10O7/c1-25(32(35)49)11-5-9-18-41-33(50)28(36-2)12-6-8-17-38-20-27(45)22-40-24-43-31(48)15-10-14-30(47)42-23-39-21-26(44)19-37-16-7-3-4-13-29(34)46/h25,28,36-40H,3-24H2,1-2H3,(H2,34,46)(H2,35,49)(H,41,50)(H,42,47)(H,43,48)/t25-,28-/m1/s1. The van der Waals surface area contributed by atoms with Gasteiger partial charge in [0.1, 0.15) is 0 Å². The molecule has 0 heterocycles. The highest BCUT2D eigenvalue weighted by Gasteiger charge is 2.15. The van der Waals surface area contributed by atoms with Crippen LogP contribution in [0, 0.1) is 5.92 Å². The van der Waals surface area contributed by atoms with Crippen LogP contribution in [0.15, 0.2) is 0 Å². The van der Waals surface area contributed by atoms with Crippen LogP contribution in [0.4, 0.5) is 0 Å². The van der Waals surface area contributed by atoms with Gasteiger partial charge in [0.05, 0.1) is 45.6 Å². The van der Waals surface area contributed by atoms with Gasteiger partial charge >= 0.3 is 0 Å². The van der Waals surface area contributed by atoms with Crippen LogP contribution in [0.2, 0.25) is 0 Å². The molecular weight excluding hydrogens is 648 g/mol. The van der Waals surface area contributed by atoms with Crippen molar-refractivity contribution in [3.8, 4) is 0 Å². The number of Topliss-reactive ketones (excluding diaryl/α,β-unsaturated/α-hetero) is 2. The van der Waals surface area contributed by atoms with E-state index in [1.165, 1.54) is 0 Å². The van der Waals surface area contributed by atoms with Crippen LogP contribution < -0.4 is 54.0 Å². The third-order valence-corrected chi connectivity index (χ3v) is 7.80. The number of carbonyl (C=O) groups is 7. The normalized spacial score (nSPS) is 12.1. The molecule has 0 saturated carbocycles. The molecule has 50 heavy (non-hydrogen) atoms. The van der Waals surface area contributed by atoms with Crippen LogP contribution in [0.5, 0.6) is 0 Å². The Balaban J connectivity index is 3.69. The number of rotatable bonds is 35. The van der Waals surface area contributed by atoms with E-state index < -0.39 is 0 Å². The summed E-state index contributed by atoms with van der Waals surface area (Å²) in [4.78, 5) is 82.0. The Hall–Kier alpha value is -3.51. The van der Waals surface area contributed by atoms with Crippen molar-refractivity contribution in [2.75, 3.05) is 66.2 Å². The number of likely N-dealkylation sites (N-methyl/N-ethyl adjacent to an activating group) is 1. The second-order valence-electron chi connectivity index (χ2n) is 12.4. The predicted octanol–water partition coefficient (Wildman–Crippen LogP) is -1.99. The minimum absolute atomic E-state index is 0.0355. The summed E-state index contributed by atoms with van der Waals surface area (Å²) in [5, 5.41) is 23.2. The van der Waals surface area contributed by atoms with Gasteiger partial charge in [-0.15, -0.1) is 0 Å². The molecule has 5 amide bonds. The van der Waals surface area contributed by atoms with E-state index in [2.05, 4.69) is 42.5 Å². The zero-order chi connectivity index (χ0) is 37.4. The van der Waals surface area contributed by atoms with Crippen LogP contribution in [-0.4, -0.2) is 113 Å². The lowest BCUT2D eigenvalue weighted by Crippen LogP contribution is -2.43. The van der Waals surface area contributed by atoms with E-state index in [1.807, 2.05) is 0 Å². The van der Waals surface area contributed by atoms with E-state index in [4.69, 9.17) is 11.5 Å². The highest BCUT2D eigenvalue weighted by Crippen LogP contribution is 2.06. The van der Waals surface area contributed by atoms with Gasteiger partial charge in [-0.25, -0.2) is 0 Å². The first kappa shape index (κ1) is 46.5. The van der Waals surface area contributed by atoms with Crippen LogP contribution in [0.25, 0.3) is 0 Å². The number of nitrogens with two attached hydrogens (primary N) is 2. The summed E-state index contributed by atoms with van der Waals surface area (Å²) >= 11 is 0. The molecule has 0 fully saturated rings. The summed E-state index contributed by atoms with van der Waals surface area (Å²) in [5.74, 6) is -1.36. The lowest BCUT2D eigenvalue weighted by Gasteiger charge is -2.16. The van der Waals surface area contributed by atoms with E-state index in [-0.39, 0.29) is 105 Å². The van der Waals surface area contributed by atoms with Gasteiger partial charge in [-0.2, -0.15) is 0 Å². The van der Waals surface area contributed by atoms with Gasteiger partial charge in [-0.3, -0.25) is 44.2 Å². The Kier molecular flexibility index (Phi) is 29.3. The number of unbranched alkanes of at least 4 members (excludes halogenated alkanes) is 4. The molecule has 0 spiro atoms. The number of nitrogens with one attached hydrogen (secondary N) is 8. The SMILES string of the molecule is CN[C@H](CCCCNCC(=O)CNCNC(=O)CCCC(=O)NCNCC(=O)CNCCCCCC(N)=O)C(=O)NCCCC[C@@H](C)C(N)=O. The summed E-state index contributed by atoms with van der Waals surface area (Å²) in [6, 6.07) is -0.290. The Labute approximate surface area is 297 Å². The Morgan fingerprint density at radius 2 is 1.04 bits per heavy atom. The van der Waals surface area contributed by atoms with E-state index >= 15 is 0 Å². The van der Waals surface area contributed by atoms with E-state index in [9.17, 15) is 33.6 Å². The Bertz CT molecular complexity index is 1020. The first-order chi connectivity index (χ1) is 24.0. The lowest BCUT2D eigenvalue weighted by molar-refractivity contribution is -0.124. The van der Waals surface area contributed by atoms with Gasteiger partial charge in [0.2, 0.25) is 29.5 Å². The smallest absolute Gasteiger partial charge is 0.237 e. The third kappa shape index (κ3) is 29.4. The van der Waals surface area contributed by atoms with E-state index in [0.717, 1.165) is 44.9 Å². The van der Waals surface area contributed by atoms with Crippen molar-refractivity contribution in [3.05, 3.63) is 0 Å². The number of ketones is 2. The number of hydrogen-bond acceptors (Lipinski definition) is 12. The maximum atomic E-state index is 12.4. The fraction of sp³-hybridized carbons (Fsp3) is 0.788. The molecule has 288 valence electrons. The molecule has 0 saturated heterocycles. The topological polar surface area (TPSA) is 268 Å². The van der Waals surface area contributed by atoms with Gasteiger partial charge in [0, 0.05) is 31.7 Å². The van der Waals surface area contributed by atoms with Crippen molar-refractivity contribution < 1.29 is 33.6 Å². The number of primary amides is 2. The van der Waals surface area contributed by atoms with Crippen LogP contribution in [0.3, 0.4) is 0 Å². The second kappa shape index (κ2) is 31.5. The van der Waals surface area contributed by atoms with E-state index in [1.54, 1.807) is 14.0 Å². The van der Waals surface area contributed by atoms with Crippen molar-refractivity contribution >= 4 is 41.1 Å². The summed E-state index contributed by atoms with van der Waals surface area (Å²) in [6.45, 7) is 4.59. The predicted molar refractivity (Wildman–Crippen MR) is 191 cm³/mol. The molecule has 0 aliphatic carbocycles. The molecule has 0 aromatic heterocycles. The maximum Gasteiger partial charge on any atom is 0.237 e. The van der Waals surface area contributed by atoms with Crippen molar-refractivity contribution in [3.63, 3.8) is 0 Å². The molecule has 0 aromatic rings. The van der Waals surface area contributed by atoms with Crippen molar-refractivity contribution in [2.45, 2.75) is 96.4 Å².